The lowest BCUT2D eigenvalue weighted by molar-refractivity contribution is -0.167. The molecule has 6 heteroatoms. The Morgan fingerprint density at radius 1 is 0.266 bits per heavy atom. The molecule has 0 saturated carbocycles. The van der Waals surface area contributed by atoms with E-state index in [0.29, 0.717) is 19.3 Å². The normalized spacial score (nSPS) is 12.5. The molecule has 0 aliphatic heterocycles. The zero-order valence-electron chi connectivity index (χ0n) is 52.6. The first-order valence-electron chi connectivity index (χ1n) is 34.4. The van der Waals surface area contributed by atoms with Crippen molar-refractivity contribution in [3.05, 3.63) is 72.9 Å². The standard InChI is InChI=1S/C73H130O6/c1-4-7-10-13-16-19-21-23-25-27-29-30-31-32-33-34-35-36-37-38-39-40-41-42-44-45-47-49-51-54-57-60-63-66-72(75)78-69-70(68-77-71(74)65-62-59-56-53-18-15-12-9-6-3)79-73(76)67-64-61-58-55-52-50-48-46-43-28-26-24-22-20-17-14-11-8-5-2/h7,10,16,19,23,25,29-30,32-33,35-36,70H,4-6,8-9,11-15,17-18,20-22,24,26-28,31,34,37-69H2,1-3H3/b10-7-,19-16-,25-23-,30-29-,33-32-,36-35-. The number of ether oxygens (including phenoxy) is 3. The largest absolute Gasteiger partial charge is 0.462 e. The zero-order chi connectivity index (χ0) is 57.1. The average molecular weight is 1100 g/mol. The van der Waals surface area contributed by atoms with E-state index in [1.807, 2.05) is 0 Å². The van der Waals surface area contributed by atoms with Crippen LogP contribution in [0.25, 0.3) is 0 Å². The van der Waals surface area contributed by atoms with Crippen LogP contribution < -0.4 is 0 Å². The number of unbranched alkanes of at least 4 members (excludes halogenated alkanes) is 40. The van der Waals surface area contributed by atoms with Crippen LogP contribution in [0.1, 0.15) is 355 Å². The molecule has 0 aromatic heterocycles. The van der Waals surface area contributed by atoms with Gasteiger partial charge in [-0.15, -0.1) is 0 Å². The minimum absolute atomic E-state index is 0.0687. The lowest BCUT2D eigenvalue weighted by atomic mass is 10.0. The number of rotatable bonds is 63. The van der Waals surface area contributed by atoms with Gasteiger partial charge in [0, 0.05) is 19.3 Å². The van der Waals surface area contributed by atoms with Gasteiger partial charge in [-0.3, -0.25) is 14.4 Å². The van der Waals surface area contributed by atoms with Crippen LogP contribution in [0.5, 0.6) is 0 Å². The van der Waals surface area contributed by atoms with E-state index in [1.165, 1.54) is 218 Å². The summed E-state index contributed by atoms with van der Waals surface area (Å²) >= 11 is 0. The minimum Gasteiger partial charge on any atom is -0.462 e. The van der Waals surface area contributed by atoms with Gasteiger partial charge in [0.1, 0.15) is 13.2 Å². The molecule has 79 heavy (non-hydrogen) atoms. The molecular formula is C73H130O6. The highest BCUT2D eigenvalue weighted by atomic mass is 16.6. The quantitative estimate of drug-likeness (QED) is 0.0261. The summed E-state index contributed by atoms with van der Waals surface area (Å²) in [6, 6.07) is 0. The summed E-state index contributed by atoms with van der Waals surface area (Å²) in [4.78, 5) is 38.2. The lowest BCUT2D eigenvalue weighted by Gasteiger charge is -2.18. The summed E-state index contributed by atoms with van der Waals surface area (Å²) in [5.74, 6) is -0.850. The van der Waals surface area contributed by atoms with Crippen LogP contribution in [0.4, 0.5) is 0 Å². The Morgan fingerprint density at radius 2 is 0.494 bits per heavy atom. The molecule has 0 spiro atoms. The fourth-order valence-electron chi connectivity index (χ4n) is 10.1. The van der Waals surface area contributed by atoms with Gasteiger partial charge < -0.3 is 14.2 Å². The van der Waals surface area contributed by atoms with Gasteiger partial charge in [0.15, 0.2) is 6.10 Å². The van der Waals surface area contributed by atoms with Gasteiger partial charge in [-0.2, -0.15) is 0 Å². The number of esters is 3. The summed E-state index contributed by atoms with van der Waals surface area (Å²) in [6.07, 6.45) is 88.0. The van der Waals surface area contributed by atoms with Crippen LogP contribution in [0, 0.1) is 0 Å². The van der Waals surface area contributed by atoms with E-state index in [4.69, 9.17) is 14.2 Å². The predicted molar refractivity (Wildman–Crippen MR) is 344 cm³/mol. The van der Waals surface area contributed by atoms with E-state index in [1.54, 1.807) is 0 Å². The number of carbonyl (C=O) groups is 3. The Balaban J connectivity index is 4.09. The van der Waals surface area contributed by atoms with Gasteiger partial charge in [-0.05, 0) is 70.6 Å². The maximum atomic E-state index is 12.9. The number of allylic oxidation sites excluding steroid dienone is 12. The molecule has 0 fully saturated rings. The maximum absolute atomic E-state index is 12.9. The molecule has 0 radical (unpaired) electrons. The van der Waals surface area contributed by atoms with E-state index in [2.05, 4.69) is 93.7 Å². The summed E-state index contributed by atoms with van der Waals surface area (Å²) in [7, 11) is 0. The topological polar surface area (TPSA) is 78.9 Å². The van der Waals surface area contributed by atoms with Crippen LogP contribution in [0.2, 0.25) is 0 Å². The monoisotopic (exact) mass is 1100 g/mol. The van der Waals surface area contributed by atoms with Gasteiger partial charge >= 0.3 is 17.9 Å². The van der Waals surface area contributed by atoms with Gasteiger partial charge in [0.25, 0.3) is 0 Å². The van der Waals surface area contributed by atoms with Crippen molar-refractivity contribution < 1.29 is 28.6 Å². The first kappa shape index (κ1) is 75.8. The van der Waals surface area contributed by atoms with E-state index in [0.717, 1.165) is 96.3 Å². The van der Waals surface area contributed by atoms with Crippen molar-refractivity contribution in [1.82, 2.24) is 0 Å². The molecule has 458 valence electrons. The Labute approximate surface area is 491 Å². The number of carbonyl (C=O) groups excluding carboxylic acids is 3. The highest BCUT2D eigenvalue weighted by molar-refractivity contribution is 5.71. The molecule has 1 unspecified atom stereocenters. The number of hydrogen-bond donors (Lipinski definition) is 0. The lowest BCUT2D eigenvalue weighted by Crippen LogP contribution is -2.30. The predicted octanol–water partition coefficient (Wildman–Crippen LogP) is 23.7. The minimum atomic E-state index is -0.770. The van der Waals surface area contributed by atoms with Crippen molar-refractivity contribution in [1.29, 1.82) is 0 Å². The molecular weight excluding hydrogens is 973 g/mol. The molecule has 0 heterocycles. The Hall–Kier alpha value is -3.15. The van der Waals surface area contributed by atoms with Crippen molar-refractivity contribution in [2.45, 2.75) is 361 Å². The average Bonchev–Trinajstić information content (AvgIpc) is 3.45. The highest BCUT2D eigenvalue weighted by Crippen LogP contribution is 2.18. The zero-order valence-corrected chi connectivity index (χ0v) is 52.6. The molecule has 0 aromatic carbocycles. The van der Waals surface area contributed by atoms with E-state index >= 15 is 0 Å². The van der Waals surface area contributed by atoms with E-state index < -0.39 is 6.10 Å². The molecule has 0 amide bonds. The summed E-state index contributed by atoms with van der Waals surface area (Å²) in [5, 5.41) is 0. The van der Waals surface area contributed by atoms with Crippen LogP contribution in [-0.2, 0) is 28.6 Å². The fraction of sp³-hybridized carbons (Fsp3) is 0.795. The molecule has 6 nitrogen and oxygen atoms in total. The van der Waals surface area contributed by atoms with Crippen LogP contribution >= 0.6 is 0 Å². The second-order valence-electron chi connectivity index (χ2n) is 23.1. The first-order valence-corrected chi connectivity index (χ1v) is 34.4. The first-order chi connectivity index (χ1) is 39.0. The van der Waals surface area contributed by atoms with Crippen molar-refractivity contribution in [3.63, 3.8) is 0 Å². The third-order valence-corrected chi connectivity index (χ3v) is 15.2. The van der Waals surface area contributed by atoms with Crippen molar-refractivity contribution >= 4 is 17.9 Å². The third-order valence-electron chi connectivity index (χ3n) is 15.2. The molecule has 0 rings (SSSR count). The van der Waals surface area contributed by atoms with E-state index in [-0.39, 0.29) is 31.1 Å². The molecule has 0 bridgehead atoms. The molecule has 0 aromatic rings. The molecule has 0 saturated heterocycles. The second-order valence-corrected chi connectivity index (χ2v) is 23.1. The van der Waals surface area contributed by atoms with Crippen LogP contribution in [0.15, 0.2) is 72.9 Å². The van der Waals surface area contributed by atoms with Crippen molar-refractivity contribution in [2.24, 2.45) is 0 Å². The highest BCUT2D eigenvalue weighted by Gasteiger charge is 2.19. The molecule has 0 N–H and O–H groups in total. The van der Waals surface area contributed by atoms with Crippen LogP contribution in [0.3, 0.4) is 0 Å². The molecule has 1 atom stereocenters. The fourth-order valence-corrected chi connectivity index (χ4v) is 10.1. The summed E-state index contributed by atoms with van der Waals surface area (Å²) < 4.78 is 16.9. The molecule has 0 aliphatic rings. The van der Waals surface area contributed by atoms with Gasteiger partial charge in [0.2, 0.25) is 0 Å². The van der Waals surface area contributed by atoms with E-state index in [9.17, 15) is 14.4 Å². The Kier molecular flexibility index (Phi) is 64.7. The van der Waals surface area contributed by atoms with Gasteiger partial charge in [-0.1, -0.05) is 338 Å². The molecule has 0 aliphatic carbocycles. The van der Waals surface area contributed by atoms with Crippen molar-refractivity contribution in [3.8, 4) is 0 Å². The third kappa shape index (κ3) is 65.5. The second kappa shape index (κ2) is 67.4. The Bertz CT molecular complexity index is 1450. The maximum Gasteiger partial charge on any atom is 0.306 e. The summed E-state index contributed by atoms with van der Waals surface area (Å²) in [6.45, 7) is 6.56. The van der Waals surface area contributed by atoms with Crippen molar-refractivity contribution in [2.75, 3.05) is 13.2 Å². The van der Waals surface area contributed by atoms with Crippen LogP contribution in [-0.4, -0.2) is 37.2 Å². The summed E-state index contributed by atoms with van der Waals surface area (Å²) in [5.41, 5.74) is 0. The van der Waals surface area contributed by atoms with Gasteiger partial charge in [-0.25, -0.2) is 0 Å². The SMILES string of the molecule is CC/C=C\C/C=C\C/C=C\C/C=C\C/C=C\C/C=C\CCCCCCCCCCCCCCCCC(=O)OCC(COC(=O)CCCCCCCCCCC)OC(=O)CCCCCCCCCCCCCCCCCCCCC. The smallest absolute Gasteiger partial charge is 0.306 e. The van der Waals surface area contributed by atoms with Gasteiger partial charge in [0.05, 0.1) is 0 Å². The Morgan fingerprint density at radius 3 is 0.772 bits per heavy atom. The number of hydrogen-bond acceptors (Lipinski definition) is 6.